The highest BCUT2D eigenvalue weighted by Gasteiger charge is 1.93. The second kappa shape index (κ2) is 7.47. The van der Waals surface area contributed by atoms with Crippen LogP contribution in [0.3, 0.4) is 0 Å². The van der Waals surface area contributed by atoms with Crippen molar-refractivity contribution in [3.8, 4) is 6.07 Å². The lowest BCUT2D eigenvalue weighted by atomic mass is 10.2. The Labute approximate surface area is 96.3 Å². The second-order valence-electron chi connectivity index (χ2n) is 3.44. The lowest BCUT2D eigenvalue weighted by Crippen LogP contribution is -1.87. The number of rotatable bonds is 6. The van der Waals surface area contributed by atoms with E-state index < -0.39 is 0 Å². The van der Waals surface area contributed by atoms with Crippen LogP contribution in [0.4, 0.5) is 0 Å². The summed E-state index contributed by atoms with van der Waals surface area (Å²) in [5.74, 6) is 0. The van der Waals surface area contributed by atoms with Gasteiger partial charge in [0.15, 0.2) is 0 Å². The zero-order chi connectivity index (χ0) is 11.6. The average Bonchev–Trinajstić information content (AvgIpc) is 2.34. The van der Waals surface area contributed by atoms with E-state index in [2.05, 4.69) is 24.4 Å². The number of unbranched alkanes of at least 4 members (excludes halogenated alkanes) is 2. The number of benzene rings is 1. The smallest absolute Gasteiger partial charge is 0.142 e. The lowest BCUT2D eigenvalue weighted by molar-refractivity contribution is 0.131. The zero-order valence-electron chi connectivity index (χ0n) is 9.44. The highest BCUT2D eigenvalue weighted by atomic mass is 16.6. The predicted octanol–water partition coefficient (Wildman–Crippen LogP) is 3.13. The molecule has 0 saturated heterocycles. The molecule has 1 radical (unpaired) electrons. The molecule has 83 valence electrons. The second-order valence-corrected chi connectivity index (χ2v) is 3.44. The first kappa shape index (κ1) is 12.3. The first-order valence-electron chi connectivity index (χ1n) is 5.40. The molecule has 0 amide bonds. The fourth-order valence-electron chi connectivity index (χ4n) is 1.13. The summed E-state index contributed by atoms with van der Waals surface area (Å²) < 4.78 is 0. The Kier molecular flexibility index (Phi) is 5.72. The van der Waals surface area contributed by atoms with E-state index in [1.807, 2.05) is 12.1 Å². The van der Waals surface area contributed by atoms with Gasteiger partial charge in [0.25, 0.3) is 0 Å². The van der Waals surface area contributed by atoms with E-state index in [1.165, 1.54) is 0 Å². The Hall–Kier alpha value is -1.82. The van der Waals surface area contributed by atoms with Gasteiger partial charge in [0.2, 0.25) is 0 Å². The van der Waals surface area contributed by atoms with Gasteiger partial charge in [-0.15, -0.1) is 0 Å². The third-order valence-corrected chi connectivity index (χ3v) is 2.09. The third kappa shape index (κ3) is 4.61. The van der Waals surface area contributed by atoms with Gasteiger partial charge in [-0.25, -0.2) is 0 Å². The summed E-state index contributed by atoms with van der Waals surface area (Å²) in [7, 11) is 0. The largest absolute Gasteiger partial charge is 0.391 e. The maximum absolute atomic E-state index is 8.62. The maximum Gasteiger partial charge on any atom is 0.142 e. The molecule has 0 aliphatic heterocycles. The maximum atomic E-state index is 8.62. The standard InChI is InChI=1S/C13H15N2O/c1-2-3-4-9-15-16-11-13-7-5-12(10-14)6-8-13/h5-8H,2-4,11H2,1H3. The van der Waals surface area contributed by atoms with Crippen LogP contribution in [-0.2, 0) is 11.4 Å². The van der Waals surface area contributed by atoms with Gasteiger partial charge in [-0.3, -0.25) is 0 Å². The van der Waals surface area contributed by atoms with Crippen molar-refractivity contribution >= 4 is 6.21 Å². The lowest BCUT2D eigenvalue weighted by Gasteiger charge is -1.99. The first-order valence-corrected chi connectivity index (χ1v) is 5.40. The van der Waals surface area contributed by atoms with E-state index in [1.54, 1.807) is 12.1 Å². The molecule has 0 atom stereocenters. The molecule has 3 nitrogen and oxygen atoms in total. The Balaban J connectivity index is 2.27. The molecule has 0 aliphatic rings. The number of nitrogens with zero attached hydrogens (tertiary/aromatic N) is 2. The first-order chi connectivity index (χ1) is 7.86. The van der Waals surface area contributed by atoms with Crippen LogP contribution >= 0.6 is 0 Å². The van der Waals surface area contributed by atoms with E-state index in [9.17, 15) is 0 Å². The summed E-state index contributed by atoms with van der Waals surface area (Å²) in [6.45, 7) is 2.55. The number of hydrogen-bond donors (Lipinski definition) is 0. The minimum Gasteiger partial charge on any atom is -0.391 e. The van der Waals surface area contributed by atoms with E-state index in [0.29, 0.717) is 12.2 Å². The van der Waals surface area contributed by atoms with Crippen molar-refractivity contribution in [2.45, 2.75) is 32.8 Å². The van der Waals surface area contributed by atoms with E-state index >= 15 is 0 Å². The zero-order valence-corrected chi connectivity index (χ0v) is 9.44. The van der Waals surface area contributed by atoms with Crippen LogP contribution in [0.2, 0.25) is 0 Å². The molecule has 0 spiro atoms. The summed E-state index contributed by atoms with van der Waals surface area (Å²) in [5.41, 5.74) is 1.65. The van der Waals surface area contributed by atoms with Gasteiger partial charge in [-0.1, -0.05) is 30.6 Å². The van der Waals surface area contributed by atoms with Gasteiger partial charge >= 0.3 is 0 Å². The van der Waals surface area contributed by atoms with Crippen molar-refractivity contribution in [3.63, 3.8) is 0 Å². The van der Waals surface area contributed by atoms with Crippen molar-refractivity contribution < 1.29 is 4.84 Å². The normalized spacial score (nSPS) is 10.2. The van der Waals surface area contributed by atoms with Crippen LogP contribution in [0.1, 0.15) is 37.3 Å². The van der Waals surface area contributed by atoms with Gasteiger partial charge < -0.3 is 4.84 Å². The molecular weight excluding hydrogens is 200 g/mol. The molecule has 0 saturated carbocycles. The third-order valence-electron chi connectivity index (χ3n) is 2.09. The van der Waals surface area contributed by atoms with Crippen molar-refractivity contribution in [1.29, 1.82) is 5.26 Å². The van der Waals surface area contributed by atoms with Gasteiger partial charge in [-0.2, -0.15) is 5.26 Å². The Morgan fingerprint density at radius 2 is 2.06 bits per heavy atom. The molecule has 16 heavy (non-hydrogen) atoms. The molecule has 0 aliphatic carbocycles. The Morgan fingerprint density at radius 1 is 1.31 bits per heavy atom. The summed E-state index contributed by atoms with van der Waals surface area (Å²) in [5, 5.41) is 12.3. The van der Waals surface area contributed by atoms with Crippen molar-refractivity contribution in [1.82, 2.24) is 0 Å². The number of nitriles is 1. The van der Waals surface area contributed by atoms with Crippen LogP contribution in [0.15, 0.2) is 29.4 Å². The average molecular weight is 215 g/mol. The van der Waals surface area contributed by atoms with Crippen LogP contribution in [0, 0.1) is 11.3 Å². The van der Waals surface area contributed by atoms with E-state index in [-0.39, 0.29) is 0 Å². The molecule has 0 fully saturated rings. The summed E-state index contributed by atoms with van der Waals surface area (Å²) in [6.07, 6.45) is 5.89. The fourth-order valence-corrected chi connectivity index (χ4v) is 1.13. The Morgan fingerprint density at radius 3 is 2.69 bits per heavy atom. The quantitative estimate of drug-likeness (QED) is 0.415. The van der Waals surface area contributed by atoms with Crippen LogP contribution in [0.5, 0.6) is 0 Å². The minimum absolute atomic E-state index is 0.421. The molecule has 0 bridgehead atoms. The molecule has 0 heterocycles. The number of hydrogen-bond acceptors (Lipinski definition) is 3. The molecular formula is C13H15N2O. The SMILES string of the molecule is CCCC/[C]=N/OCc1ccc(C#N)cc1. The van der Waals surface area contributed by atoms with E-state index in [0.717, 1.165) is 24.8 Å². The fraction of sp³-hybridized carbons (Fsp3) is 0.385. The molecule has 0 aromatic heterocycles. The van der Waals surface area contributed by atoms with Crippen molar-refractivity contribution in [2.75, 3.05) is 0 Å². The van der Waals surface area contributed by atoms with Gasteiger partial charge in [-0.05, 0) is 30.5 Å². The van der Waals surface area contributed by atoms with Crippen molar-refractivity contribution in [3.05, 3.63) is 35.4 Å². The highest BCUT2D eigenvalue weighted by molar-refractivity contribution is 5.56. The van der Waals surface area contributed by atoms with Gasteiger partial charge in [0.1, 0.15) is 12.8 Å². The summed E-state index contributed by atoms with van der Waals surface area (Å²) in [6, 6.07) is 9.32. The summed E-state index contributed by atoms with van der Waals surface area (Å²) >= 11 is 0. The van der Waals surface area contributed by atoms with Crippen LogP contribution in [-0.4, -0.2) is 6.21 Å². The van der Waals surface area contributed by atoms with Crippen LogP contribution < -0.4 is 0 Å². The highest BCUT2D eigenvalue weighted by Crippen LogP contribution is 2.04. The predicted molar refractivity (Wildman–Crippen MR) is 62.9 cm³/mol. The molecule has 1 rings (SSSR count). The summed E-state index contributed by atoms with van der Waals surface area (Å²) in [4.78, 5) is 5.07. The van der Waals surface area contributed by atoms with E-state index in [4.69, 9.17) is 10.1 Å². The molecule has 3 heteroatoms. The molecule has 0 N–H and O–H groups in total. The molecule has 1 aromatic rings. The van der Waals surface area contributed by atoms with Crippen LogP contribution in [0.25, 0.3) is 0 Å². The van der Waals surface area contributed by atoms with Gasteiger partial charge in [0.05, 0.1) is 11.6 Å². The molecule has 1 aromatic carbocycles. The topological polar surface area (TPSA) is 45.4 Å². The Bertz CT molecular complexity index is 363. The minimum atomic E-state index is 0.421. The van der Waals surface area contributed by atoms with Crippen molar-refractivity contribution in [2.24, 2.45) is 5.16 Å². The molecule has 0 unspecified atom stereocenters. The monoisotopic (exact) mass is 215 g/mol. The van der Waals surface area contributed by atoms with Gasteiger partial charge in [0, 0.05) is 0 Å².